The van der Waals surface area contributed by atoms with E-state index in [0.717, 1.165) is 11.2 Å². The van der Waals surface area contributed by atoms with Gasteiger partial charge in [-0.05, 0) is 42.8 Å². The second-order valence-corrected chi connectivity index (χ2v) is 5.34. The van der Waals surface area contributed by atoms with Gasteiger partial charge in [0, 0.05) is 29.0 Å². The number of halogens is 1. The number of carbonyl (C=O) groups is 2. The molecule has 3 aromatic rings. The van der Waals surface area contributed by atoms with Gasteiger partial charge in [0.15, 0.2) is 0 Å². The van der Waals surface area contributed by atoms with Crippen LogP contribution in [0.3, 0.4) is 0 Å². The van der Waals surface area contributed by atoms with Gasteiger partial charge in [-0.3, -0.25) is 25.4 Å². The van der Waals surface area contributed by atoms with Crippen LogP contribution in [0.15, 0.2) is 42.7 Å². The summed E-state index contributed by atoms with van der Waals surface area (Å²) in [5.41, 5.74) is 7.25. The molecule has 2 aromatic heterocycles. The van der Waals surface area contributed by atoms with Crippen LogP contribution < -0.4 is 10.9 Å². The monoisotopic (exact) mass is 326 g/mol. The van der Waals surface area contributed by atoms with Crippen molar-refractivity contribution in [3.8, 4) is 0 Å². The van der Waals surface area contributed by atoms with Gasteiger partial charge in [0.05, 0.1) is 12.0 Å². The van der Waals surface area contributed by atoms with Crippen LogP contribution in [-0.4, -0.2) is 21.8 Å². The maximum Gasteiger partial charge on any atom is 0.271 e. The minimum Gasteiger partial charge on any atom is -0.358 e. The first kappa shape index (κ1) is 15.7. The van der Waals surface area contributed by atoms with E-state index < -0.39 is 11.8 Å². The molecule has 0 bridgehead atoms. The van der Waals surface area contributed by atoms with Gasteiger partial charge >= 0.3 is 0 Å². The van der Waals surface area contributed by atoms with Crippen LogP contribution >= 0.6 is 0 Å². The van der Waals surface area contributed by atoms with E-state index in [0.29, 0.717) is 16.5 Å². The van der Waals surface area contributed by atoms with Crippen LogP contribution in [-0.2, 0) is 11.2 Å². The summed E-state index contributed by atoms with van der Waals surface area (Å²) in [7, 11) is 0. The second kappa shape index (κ2) is 6.49. The average Bonchev–Trinajstić information content (AvgIpc) is 2.89. The lowest BCUT2D eigenvalue weighted by Crippen LogP contribution is -2.42. The molecule has 0 aliphatic rings. The van der Waals surface area contributed by atoms with Gasteiger partial charge < -0.3 is 4.98 Å². The van der Waals surface area contributed by atoms with Crippen molar-refractivity contribution < 1.29 is 14.0 Å². The number of H-pyrrole nitrogens is 1. The Labute approximate surface area is 137 Å². The van der Waals surface area contributed by atoms with E-state index in [1.54, 1.807) is 24.4 Å². The third-order valence-electron chi connectivity index (χ3n) is 3.66. The van der Waals surface area contributed by atoms with E-state index in [9.17, 15) is 14.0 Å². The molecule has 1 aromatic carbocycles. The summed E-state index contributed by atoms with van der Waals surface area (Å²) in [6.45, 7) is 1.81. The van der Waals surface area contributed by atoms with Crippen molar-refractivity contribution in [2.45, 2.75) is 13.3 Å². The van der Waals surface area contributed by atoms with E-state index in [4.69, 9.17) is 0 Å². The fourth-order valence-electron chi connectivity index (χ4n) is 2.48. The third-order valence-corrected chi connectivity index (χ3v) is 3.66. The zero-order chi connectivity index (χ0) is 17.1. The fraction of sp³-hybridized carbons (Fsp3) is 0.118. The Balaban J connectivity index is 1.68. The van der Waals surface area contributed by atoms with E-state index in [-0.39, 0.29) is 12.2 Å². The fourth-order valence-corrected chi connectivity index (χ4v) is 2.48. The minimum atomic E-state index is -0.460. The number of fused-ring (bicyclic) bond motifs is 1. The van der Waals surface area contributed by atoms with Gasteiger partial charge in [0.25, 0.3) is 5.91 Å². The van der Waals surface area contributed by atoms with Gasteiger partial charge in [-0.15, -0.1) is 0 Å². The van der Waals surface area contributed by atoms with Crippen molar-refractivity contribution in [3.05, 3.63) is 65.4 Å². The molecule has 0 aliphatic carbocycles. The molecule has 0 atom stereocenters. The summed E-state index contributed by atoms with van der Waals surface area (Å²) in [6.07, 6.45) is 2.96. The highest BCUT2D eigenvalue weighted by Crippen LogP contribution is 2.23. The van der Waals surface area contributed by atoms with E-state index in [2.05, 4.69) is 20.8 Å². The summed E-state index contributed by atoms with van der Waals surface area (Å²) in [5, 5.41) is 0.654. The van der Waals surface area contributed by atoms with Crippen molar-refractivity contribution in [1.82, 2.24) is 20.8 Å². The van der Waals surface area contributed by atoms with E-state index >= 15 is 0 Å². The number of hydrogen-bond donors (Lipinski definition) is 3. The Bertz CT molecular complexity index is 906. The molecule has 6 nitrogen and oxygen atoms in total. The molecule has 0 fully saturated rings. The number of pyridine rings is 1. The summed E-state index contributed by atoms with van der Waals surface area (Å²) in [4.78, 5) is 30.9. The van der Waals surface area contributed by atoms with Crippen molar-refractivity contribution in [2.75, 3.05) is 0 Å². The molecule has 0 saturated carbocycles. The van der Waals surface area contributed by atoms with Crippen LogP contribution in [0.1, 0.15) is 21.6 Å². The van der Waals surface area contributed by atoms with E-state index in [1.165, 1.54) is 18.3 Å². The van der Waals surface area contributed by atoms with Gasteiger partial charge in [-0.25, -0.2) is 4.39 Å². The number of carbonyl (C=O) groups excluding carboxylic acids is 2. The quantitative estimate of drug-likeness (QED) is 0.644. The molecule has 2 heterocycles. The Hall–Kier alpha value is -3.22. The Morgan fingerprint density at radius 2 is 2.08 bits per heavy atom. The average molecular weight is 326 g/mol. The molecule has 2 amide bonds. The number of hydrogen-bond acceptors (Lipinski definition) is 3. The predicted molar refractivity (Wildman–Crippen MR) is 86.5 cm³/mol. The molecule has 0 saturated heterocycles. The number of aryl methyl sites for hydroxylation is 1. The van der Waals surface area contributed by atoms with E-state index in [1.807, 2.05) is 6.92 Å². The molecule has 0 unspecified atom stereocenters. The maximum atomic E-state index is 13.4. The number of nitrogens with one attached hydrogen (secondary N) is 3. The lowest BCUT2D eigenvalue weighted by atomic mass is 10.1. The summed E-state index contributed by atoms with van der Waals surface area (Å²) >= 11 is 0. The molecule has 24 heavy (non-hydrogen) atoms. The van der Waals surface area contributed by atoms with Crippen molar-refractivity contribution in [2.24, 2.45) is 0 Å². The molecular formula is C17H15FN4O2. The number of benzene rings is 1. The van der Waals surface area contributed by atoms with Crippen LogP contribution in [0.2, 0.25) is 0 Å². The third kappa shape index (κ3) is 3.24. The SMILES string of the molecule is Cc1[nH]c2ccc(F)cc2c1CC(=O)NNC(=O)c1cccnc1. The van der Waals surface area contributed by atoms with Crippen LogP contribution in [0.5, 0.6) is 0 Å². The zero-order valence-corrected chi connectivity index (χ0v) is 12.9. The summed E-state index contributed by atoms with van der Waals surface area (Å²) in [6, 6.07) is 7.58. The number of aromatic nitrogens is 2. The summed E-state index contributed by atoms with van der Waals surface area (Å²) < 4.78 is 13.4. The number of nitrogens with zero attached hydrogens (tertiary/aromatic N) is 1. The largest absolute Gasteiger partial charge is 0.358 e. The van der Waals surface area contributed by atoms with Crippen LogP contribution in [0.4, 0.5) is 4.39 Å². The summed E-state index contributed by atoms with van der Waals surface area (Å²) in [5.74, 6) is -1.23. The van der Waals surface area contributed by atoms with Gasteiger partial charge in [-0.1, -0.05) is 0 Å². The standard InChI is InChI=1S/C17H15FN4O2/c1-10-13(14-7-12(18)4-5-15(14)20-10)8-16(23)21-22-17(24)11-3-2-6-19-9-11/h2-7,9,20H,8H2,1H3,(H,21,23)(H,22,24). The molecule has 3 N–H and O–H groups in total. The lowest BCUT2D eigenvalue weighted by molar-refractivity contribution is -0.121. The Morgan fingerprint density at radius 1 is 1.25 bits per heavy atom. The molecule has 0 spiro atoms. The lowest BCUT2D eigenvalue weighted by Gasteiger charge is -2.07. The minimum absolute atomic E-state index is 0.0165. The number of aromatic amines is 1. The predicted octanol–water partition coefficient (Wildman–Crippen LogP) is 2.01. The topological polar surface area (TPSA) is 86.9 Å². The molecule has 3 rings (SSSR count). The number of hydrazine groups is 1. The van der Waals surface area contributed by atoms with Gasteiger partial charge in [0.1, 0.15) is 5.82 Å². The highest BCUT2D eigenvalue weighted by atomic mass is 19.1. The first-order valence-electron chi connectivity index (χ1n) is 7.30. The van der Waals surface area contributed by atoms with Crippen LogP contribution in [0, 0.1) is 12.7 Å². The highest BCUT2D eigenvalue weighted by Gasteiger charge is 2.14. The molecular weight excluding hydrogens is 311 g/mol. The highest BCUT2D eigenvalue weighted by molar-refractivity contribution is 5.96. The zero-order valence-electron chi connectivity index (χ0n) is 12.9. The first-order chi connectivity index (χ1) is 11.5. The number of rotatable bonds is 3. The molecule has 0 aliphatic heterocycles. The Kier molecular flexibility index (Phi) is 4.24. The smallest absolute Gasteiger partial charge is 0.271 e. The van der Waals surface area contributed by atoms with Crippen molar-refractivity contribution >= 4 is 22.7 Å². The van der Waals surface area contributed by atoms with Gasteiger partial charge in [-0.2, -0.15) is 0 Å². The van der Waals surface area contributed by atoms with Crippen molar-refractivity contribution in [3.63, 3.8) is 0 Å². The molecule has 7 heteroatoms. The van der Waals surface area contributed by atoms with Gasteiger partial charge in [0.2, 0.25) is 5.91 Å². The molecule has 0 radical (unpaired) electrons. The molecule has 122 valence electrons. The number of amides is 2. The Morgan fingerprint density at radius 3 is 2.83 bits per heavy atom. The second-order valence-electron chi connectivity index (χ2n) is 5.34. The maximum absolute atomic E-state index is 13.4. The van der Waals surface area contributed by atoms with Crippen molar-refractivity contribution in [1.29, 1.82) is 0 Å². The normalized spacial score (nSPS) is 10.6. The van der Waals surface area contributed by atoms with Crippen LogP contribution in [0.25, 0.3) is 10.9 Å². The first-order valence-corrected chi connectivity index (χ1v) is 7.30.